The van der Waals surface area contributed by atoms with Crippen molar-refractivity contribution in [3.05, 3.63) is 12.2 Å². The zero-order valence-corrected chi connectivity index (χ0v) is 24.9. The molecule has 0 aliphatic carbocycles. The minimum absolute atomic E-state index is 0.171. The Morgan fingerprint density at radius 1 is 0.432 bits per heavy atom. The standard InChI is InChI=1S/C33H62O4/c1-3-5-7-9-11-13-15-17-19-21-23-25-27-29-33(35)37-31-30-36-32(34)28-26-24-22-20-18-16-14-12-10-8-6-4-2/h12,14H,3-11,13,15-31H2,1-2H3/b14-12+. The SMILES string of the molecule is CCCCC/C=C/CCCCCCCC(=O)OCCOC(=O)CCCCCCCCCCCCCCC. The second kappa shape index (κ2) is 30.9. The van der Waals surface area contributed by atoms with Crippen LogP contribution in [-0.4, -0.2) is 25.2 Å². The van der Waals surface area contributed by atoms with E-state index in [1.165, 1.54) is 122 Å². The van der Waals surface area contributed by atoms with E-state index in [4.69, 9.17) is 9.47 Å². The number of carbonyl (C=O) groups is 2. The summed E-state index contributed by atoms with van der Waals surface area (Å²) in [6, 6.07) is 0. The lowest BCUT2D eigenvalue weighted by atomic mass is 10.0. The van der Waals surface area contributed by atoms with E-state index in [9.17, 15) is 9.59 Å². The molecule has 4 nitrogen and oxygen atoms in total. The molecule has 0 spiro atoms. The van der Waals surface area contributed by atoms with Gasteiger partial charge in [0.25, 0.3) is 0 Å². The molecule has 37 heavy (non-hydrogen) atoms. The number of hydrogen-bond donors (Lipinski definition) is 0. The molecular weight excluding hydrogens is 460 g/mol. The van der Waals surface area contributed by atoms with Crippen molar-refractivity contribution in [2.45, 2.75) is 174 Å². The molecule has 218 valence electrons. The highest BCUT2D eigenvalue weighted by Gasteiger charge is 2.05. The Kier molecular flexibility index (Phi) is 29.8. The average molecular weight is 523 g/mol. The van der Waals surface area contributed by atoms with Crippen molar-refractivity contribution < 1.29 is 19.1 Å². The fraction of sp³-hybridized carbons (Fsp3) is 0.879. The number of unbranched alkanes of at least 4 members (excludes halogenated alkanes) is 20. The molecule has 0 aliphatic heterocycles. The van der Waals surface area contributed by atoms with Crippen molar-refractivity contribution in [3.63, 3.8) is 0 Å². The first kappa shape index (κ1) is 35.7. The molecule has 0 saturated heterocycles. The largest absolute Gasteiger partial charge is 0.462 e. The summed E-state index contributed by atoms with van der Waals surface area (Å²) in [5.74, 6) is -0.350. The van der Waals surface area contributed by atoms with Crippen LogP contribution in [0.15, 0.2) is 12.2 Å². The molecule has 0 radical (unpaired) electrons. The van der Waals surface area contributed by atoms with Crippen molar-refractivity contribution in [1.82, 2.24) is 0 Å². The monoisotopic (exact) mass is 522 g/mol. The number of esters is 2. The molecule has 0 aliphatic rings. The van der Waals surface area contributed by atoms with E-state index in [2.05, 4.69) is 26.0 Å². The van der Waals surface area contributed by atoms with Crippen LogP contribution in [0.3, 0.4) is 0 Å². The molecule has 0 atom stereocenters. The minimum atomic E-state index is -0.178. The first-order valence-electron chi connectivity index (χ1n) is 16.2. The zero-order valence-electron chi connectivity index (χ0n) is 24.9. The van der Waals surface area contributed by atoms with Crippen LogP contribution >= 0.6 is 0 Å². The number of rotatable bonds is 29. The van der Waals surface area contributed by atoms with Crippen molar-refractivity contribution in [2.75, 3.05) is 13.2 Å². The van der Waals surface area contributed by atoms with Crippen LogP contribution in [-0.2, 0) is 19.1 Å². The lowest BCUT2D eigenvalue weighted by Crippen LogP contribution is -2.13. The van der Waals surface area contributed by atoms with Gasteiger partial charge in [0.1, 0.15) is 13.2 Å². The topological polar surface area (TPSA) is 52.6 Å². The molecule has 0 aromatic heterocycles. The molecule has 0 N–H and O–H groups in total. The highest BCUT2D eigenvalue weighted by molar-refractivity contribution is 5.70. The van der Waals surface area contributed by atoms with Gasteiger partial charge < -0.3 is 9.47 Å². The van der Waals surface area contributed by atoms with Crippen LogP contribution in [0.4, 0.5) is 0 Å². The van der Waals surface area contributed by atoms with Crippen LogP contribution in [0.2, 0.25) is 0 Å². The molecule has 0 aromatic rings. The Balaban J connectivity index is 3.31. The predicted molar refractivity (Wildman–Crippen MR) is 158 cm³/mol. The fourth-order valence-corrected chi connectivity index (χ4v) is 4.55. The quantitative estimate of drug-likeness (QED) is 0.0557. The summed E-state index contributed by atoms with van der Waals surface area (Å²) in [5, 5.41) is 0. The van der Waals surface area contributed by atoms with Crippen LogP contribution in [0.5, 0.6) is 0 Å². The van der Waals surface area contributed by atoms with Gasteiger partial charge in [0, 0.05) is 12.8 Å². The predicted octanol–water partition coefficient (Wildman–Crippen LogP) is 10.4. The van der Waals surface area contributed by atoms with Crippen LogP contribution in [0.25, 0.3) is 0 Å². The molecule has 0 unspecified atom stereocenters. The summed E-state index contributed by atoms with van der Waals surface area (Å²) in [6.45, 7) is 4.85. The van der Waals surface area contributed by atoms with Gasteiger partial charge in [-0.25, -0.2) is 0 Å². The van der Waals surface area contributed by atoms with Gasteiger partial charge in [-0.3, -0.25) is 9.59 Å². The summed E-state index contributed by atoms with van der Waals surface area (Å²) < 4.78 is 10.4. The smallest absolute Gasteiger partial charge is 0.305 e. The molecule has 0 saturated carbocycles. The normalized spacial score (nSPS) is 11.3. The lowest BCUT2D eigenvalue weighted by Gasteiger charge is -2.07. The van der Waals surface area contributed by atoms with Gasteiger partial charge in [0.05, 0.1) is 0 Å². The van der Waals surface area contributed by atoms with Crippen LogP contribution in [0, 0.1) is 0 Å². The molecule has 0 heterocycles. The third-order valence-corrected chi connectivity index (χ3v) is 6.99. The molecular formula is C33H62O4. The summed E-state index contributed by atoms with van der Waals surface area (Å²) >= 11 is 0. The van der Waals surface area contributed by atoms with Crippen molar-refractivity contribution >= 4 is 11.9 Å². The van der Waals surface area contributed by atoms with E-state index in [0.717, 1.165) is 25.7 Å². The Morgan fingerprint density at radius 3 is 1.14 bits per heavy atom. The lowest BCUT2D eigenvalue weighted by molar-refractivity contribution is -0.152. The van der Waals surface area contributed by atoms with E-state index in [0.29, 0.717) is 12.8 Å². The Hall–Kier alpha value is -1.32. The van der Waals surface area contributed by atoms with Crippen LogP contribution < -0.4 is 0 Å². The molecule has 0 bridgehead atoms. The summed E-state index contributed by atoms with van der Waals surface area (Å²) in [4.78, 5) is 23.6. The number of carbonyl (C=O) groups excluding carboxylic acids is 2. The van der Waals surface area contributed by atoms with E-state index in [1.807, 2.05) is 0 Å². The third kappa shape index (κ3) is 30.8. The average Bonchev–Trinajstić information content (AvgIpc) is 2.90. The minimum Gasteiger partial charge on any atom is -0.462 e. The molecule has 0 fully saturated rings. The van der Waals surface area contributed by atoms with Gasteiger partial charge in [-0.15, -0.1) is 0 Å². The van der Waals surface area contributed by atoms with Gasteiger partial charge in [0.15, 0.2) is 0 Å². The second-order valence-electron chi connectivity index (χ2n) is 10.7. The van der Waals surface area contributed by atoms with Crippen molar-refractivity contribution in [2.24, 2.45) is 0 Å². The summed E-state index contributed by atoms with van der Waals surface area (Å²) in [5.41, 5.74) is 0. The molecule has 0 amide bonds. The van der Waals surface area contributed by atoms with E-state index in [-0.39, 0.29) is 25.2 Å². The molecule has 4 heteroatoms. The van der Waals surface area contributed by atoms with Gasteiger partial charge >= 0.3 is 11.9 Å². The maximum atomic E-state index is 11.8. The second-order valence-corrected chi connectivity index (χ2v) is 10.7. The first-order chi connectivity index (χ1) is 18.2. The Morgan fingerprint density at radius 2 is 0.730 bits per heavy atom. The number of ether oxygens (including phenoxy) is 2. The summed E-state index contributed by atoms with van der Waals surface area (Å²) in [6.07, 6.45) is 34.3. The van der Waals surface area contributed by atoms with Gasteiger partial charge in [0.2, 0.25) is 0 Å². The molecule has 0 rings (SSSR count). The van der Waals surface area contributed by atoms with E-state index in [1.54, 1.807) is 0 Å². The Labute approximate surface area is 230 Å². The maximum Gasteiger partial charge on any atom is 0.305 e. The highest BCUT2D eigenvalue weighted by atomic mass is 16.6. The zero-order chi connectivity index (χ0) is 27.1. The summed E-state index contributed by atoms with van der Waals surface area (Å²) in [7, 11) is 0. The highest BCUT2D eigenvalue weighted by Crippen LogP contribution is 2.13. The van der Waals surface area contributed by atoms with E-state index >= 15 is 0 Å². The number of hydrogen-bond acceptors (Lipinski definition) is 4. The van der Waals surface area contributed by atoms with Gasteiger partial charge in [-0.2, -0.15) is 0 Å². The van der Waals surface area contributed by atoms with Crippen LogP contribution in [0.1, 0.15) is 174 Å². The fourth-order valence-electron chi connectivity index (χ4n) is 4.55. The van der Waals surface area contributed by atoms with Crippen molar-refractivity contribution in [3.8, 4) is 0 Å². The third-order valence-electron chi connectivity index (χ3n) is 6.99. The van der Waals surface area contributed by atoms with Gasteiger partial charge in [-0.1, -0.05) is 135 Å². The Bertz CT molecular complexity index is 514. The maximum absolute atomic E-state index is 11.8. The van der Waals surface area contributed by atoms with Gasteiger partial charge in [-0.05, 0) is 38.5 Å². The number of allylic oxidation sites excluding steroid dienone is 2. The molecule has 0 aromatic carbocycles. The first-order valence-corrected chi connectivity index (χ1v) is 16.2. The van der Waals surface area contributed by atoms with E-state index < -0.39 is 0 Å². The van der Waals surface area contributed by atoms with Crippen molar-refractivity contribution in [1.29, 1.82) is 0 Å².